The second kappa shape index (κ2) is 4.41. The van der Waals surface area contributed by atoms with E-state index in [2.05, 4.69) is 24.5 Å². The normalized spacial score (nSPS) is 34.2. The van der Waals surface area contributed by atoms with Crippen LogP contribution in [-0.2, 0) is 4.74 Å². The lowest BCUT2D eigenvalue weighted by atomic mass is 9.53. The molecule has 0 radical (unpaired) electrons. The number of piperidine rings is 1. The minimum Gasteiger partial charge on any atom is -0.444 e. The third-order valence-electron chi connectivity index (χ3n) is 4.21. The summed E-state index contributed by atoms with van der Waals surface area (Å²) in [5, 5.41) is 6.63. The molecule has 1 aliphatic carbocycles. The van der Waals surface area contributed by atoms with Gasteiger partial charge in [0.25, 0.3) is 0 Å². The van der Waals surface area contributed by atoms with E-state index in [1.807, 2.05) is 20.8 Å². The van der Waals surface area contributed by atoms with Gasteiger partial charge in [0.05, 0.1) is 0 Å². The number of carbonyl (C=O) groups is 1. The van der Waals surface area contributed by atoms with Crippen LogP contribution in [0, 0.1) is 11.3 Å². The van der Waals surface area contributed by atoms with E-state index in [1.54, 1.807) is 0 Å². The topological polar surface area (TPSA) is 50.4 Å². The molecule has 0 aromatic heterocycles. The lowest BCUT2D eigenvalue weighted by Crippen LogP contribution is -2.74. The van der Waals surface area contributed by atoms with Crippen molar-refractivity contribution in [2.45, 2.75) is 65.1 Å². The molecule has 0 bridgehead atoms. The summed E-state index contributed by atoms with van der Waals surface area (Å²) >= 11 is 0. The summed E-state index contributed by atoms with van der Waals surface area (Å²) in [5.41, 5.74) is -0.315. The summed E-state index contributed by atoms with van der Waals surface area (Å²) in [6.45, 7) is 11.2. The zero-order valence-corrected chi connectivity index (χ0v) is 12.2. The molecule has 1 saturated carbocycles. The summed E-state index contributed by atoms with van der Waals surface area (Å²) in [6, 6.07) is 0.760. The van der Waals surface area contributed by atoms with Crippen molar-refractivity contribution in [3.8, 4) is 0 Å². The lowest BCUT2D eigenvalue weighted by Gasteiger charge is -2.60. The van der Waals surface area contributed by atoms with Crippen LogP contribution in [0.15, 0.2) is 0 Å². The first kappa shape index (κ1) is 13.7. The molecule has 1 heterocycles. The lowest BCUT2D eigenvalue weighted by molar-refractivity contribution is -0.0507. The second-order valence-corrected chi connectivity index (χ2v) is 7.18. The number of amides is 1. The van der Waals surface area contributed by atoms with E-state index >= 15 is 0 Å². The standard InChI is InChI=1S/C14H26N2O2/c1-13(2,3)18-12(17)16-11-9-7-6-8-15-10(9)14(11,4)5/h9-11,15H,6-8H2,1-5H3,(H,16,17). The Bertz CT molecular complexity index is 333. The Morgan fingerprint density at radius 2 is 2.06 bits per heavy atom. The largest absolute Gasteiger partial charge is 0.444 e. The third-order valence-corrected chi connectivity index (χ3v) is 4.21. The maximum Gasteiger partial charge on any atom is 0.407 e. The molecule has 2 N–H and O–H groups in total. The zero-order valence-electron chi connectivity index (χ0n) is 12.2. The van der Waals surface area contributed by atoms with E-state index in [9.17, 15) is 4.79 Å². The average Bonchev–Trinajstić information content (AvgIpc) is 2.24. The monoisotopic (exact) mass is 254 g/mol. The maximum atomic E-state index is 11.9. The summed E-state index contributed by atoms with van der Waals surface area (Å²) in [5.74, 6) is 0.557. The van der Waals surface area contributed by atoms with E-state index in [4.69, 9.17) is 4.74 Å². The van der Waals surface area contributed by atoms with Crippen molar-refractivity contribution in [2.75, 3.05) is 6.54 Å². The van der Waals surface area contributed by atoms with Gasteiger partial charge in [0, 0.05) is 17.5 Å². The van der Waals surface area contributed by atoms with Gasteiger partial charge in [0.1, 0.15) is 5.60 Å². The van der Waals surface area contributed by atoms with Gasteiger partial charge in [0.15, 0.2) is 0 Å². The fraction of sp³-hybridized carbons (Fsp3) is 0.929. The number of nitrogens with one attached hydrogen (secondary N) is 2. The number of carbonyl (C=O) groups excluding carboxylic acids is 1. The van der Waals surface area contributed by atoms with Crippen LogP contribution >= 0.6 is 0 Å². The van der Waals surface area contributed by atoms with Crippen molar-refractivity contribution in [1.29, 1.82) is 0 Å². The fourth-order valence-electron chi connectivity index (χ4n) is 3.44. The van der Waals surface area contributed by atoms with Crippen molar-refractivity contribution >= 4 is 6.09 Å². The molecular formula is C14H26N2O2. The van der Waals surface area contributed by atoms with Crippen molar-refractivity contribution in [3.63, 3.8) is 0 Å². The van der Waals surface area contributed by atoms with Crippen LogP contribution in [0.4, 0.5) is 4.79 Å². The highest BCUT2D eigenvalue weighted by atomic mass is 16.6. The van der Waals surface area contributed by atoms with Crippen LogP contribution in [0.5, 0.6) is 0 Å². The first-order valence-corrected chi connectivity index (χ1v) is 6.95. The van der Waals surface area contributed by atoms with E-state index in [0.29, 0.717) is 12.0 Å². The van der Waals surface area contributed by atoms with E-state index in [0.717, 1.165) is 6.54 Å². The summed E-state index contributed by atoms with van der Waals surface area (Å²) in [4.78, 5) is 11.9. The van der Waals surface area contributed by atoms with Gasteiger partial charge in [-0.05, 0) is 46.1 Å². The molecule has 4 nitrogen and oxygen atoms in total. The molecule has 3 atom stereocenters. The van der Waals surface area contributed by atoms with Gasteiger partial charge in [-0.25, -0.2) is 4.79 Å². The van der Waals surface area contributed by atoms with Crippen LogP contribution in [0.2, 0.25) is 0 Å². The fourth-order valence-corrected chi connectivity index (χ4v) is 3.44. The highest BCUT2D eigenvalue weighted by Crippen LogP contribution is 2.48. The molecule has 1 saturated heterocycles. The maximum absolute atomic E-state index is 11.9. The van der Waals surface area contributed by atoms with E-state index in [1.165, 1.54) is 12.8 Å². The molecule has 2 rings (SSSR count). The van der Waals surface area contributed by atoms with Crippen LogP contribution in [0.3, 0.4) is 0 Å². The average molecular weight is 254 g/mol. The van der Waals surface area contributed by atoms with Crippen LogP contribution in [0.25, 0.3) is 0 Å². The molecule has 2 aliphatic rings. The molecule has 0 aromatic carbocycles. The molecule has 2 fully saturated rings. The van der Waals surface area contributed by atoms with Gasteiger partial charge in [0.2, 0.25) is 0 Å². The summed E-state index contributed by atoms with van der Waals surface area (Å²) in [6.07, 6.45) is 2.11. The van der Waals surface area contributed by atoms with Gasteiger partial charge in [-0.3, -0.25) is 0 Å². The Morgan fingerprint density at radius 1 is 1.39 bits per heavy atom. The van der Waals surface area contributed by atoms with Crippen molar-refractivity contribution in [2.24, 2.45) is 11.3 Å². The molecular weight excluding hydrogens is 228 g/mol. The first-order chi connectivity index (χ1) is 8.22. The van der Waals surface area contributed by atoms with Crippen LogP contribution < -0.4 is 10.6 Å². The Morgan fingerprint density at radius 3 is 2.67 bits per heavy atom. The smallest absolute Gasteiger partial charge is 0.407 e. The van der Waals surface area contributed by atoms with Gasteiger partial charge in [-0.15, -0.1) is 0 Å². The highest BCUT2D eigenvalue weighted by Gasteiger charge is 2.57. The van der Waals surface area contributed by atoms with E-state index in [-0.39, 0.29) is 17.6 Å². The Balaban J connectivity index is 1.95. The molecule has 1 amide bonds. The number of ether oxygens (including phenoxy) is 1. The molecule has 18 heavy (non-hydrogen) atoms. The molecule has 0 spiro atoms. The number of fused-ring (bicyclic) bond motifs is 1. The second-order valence-electron chi connectivity index (χ2n) is 7.18. The molecule has 104 valence electrons. The van der Waals surface area contributed by atoms with Gasteiger partial charge in [-0.1, -0.05) is 13.8 Å². The van der Waals surface area contributed by atoms with Gasteiger partial charge in [-0.2, -0.15) is 0 Å². The van der Waals surface area contributed by atoms with Crippen molar-refractivity contribution in [1.82, 2.24) is 10.6 Å². The van der Waals surface area contributed by atoms with Crippen LogP contribution in [-0.4, -0.2) is 30.3 Å². The van der Waals surface area contributed by atoms with E-state index < -0.39 is 5.60 Å². The van der Waals surface area contributed by atoms with Crippen molar-refractivity contribution < 1.29 is 9.53 Å². The Hall–Kier alpha value is -0.770. The minimum atomic E-state index is -0.428. The molecule has 1 aliphatic heterocycles. The SMILES string of the molecule is CC(C)(C)OC(=O)NC1C2CCCNC2C1(C)C. The van der Waals surface area contributed by atoms with Gasteiger partial charge >= 0.3 is 6.09 Å². The number of hydrogen-bond acceptors (Lipinski definition) is 3. The first-order valence-electron chi connectivity index (χ1n) is 6.95. The predicted octanol–water partition coefficient (Wildman–Crippen LogP) is 2.29. The summed E-state index contributed by atoms with van der Waals surface area (Å²) in [7, 11) is 0. The Labute approximate surface area is 110 Å². The van der Waals surface area contributed by atoms with Crippen molar-refractivity contribution in [3.05, 3.63) is 0 Å². The minimum absolute atomic E-state index is 0.113. The quantitative estimate of drug-likeness (QED) is 0.755. The zero-order chi connectivity index (χ0) is 13.6. The molecule has 3 unspecified atom stereocenters. The predicted molar refractivity (Wildman–Crippen MR) is 71.5 cm³/mol. The summed E-state index contributed by atoms with van der Waals surface area (Å²) < 4.78 is 5.35. The van der Waals surface area contributed by atoms with Crippen LogP contribution in [0.1, 0.15) is 47.5 Å². The Kier molecular flexibility index (Phi) is 3.34. The van der Waals surface area contributed by atoms with Gasteiger partial charge < -0.3 is 15.4 Å². The molecule has 0 aromatic rings. The third kappa shape index (κ3) is 2.48. The number of hydrogen-bond donors (Lipinski definition) is 2. The molecule has 4 heteroatoms. The number of alkyl carbamates (subject to hydrolysis) is 1. The highest BCUT2D eigenvalue weighted by molar-refractivity contribution is 5.68. The number of rotatable bonds is 1.